The summed E-state index contributed by atoms with van der Waals surface area (Å²) in [4.78, 5) is 0. The van der Waals surface area contributed by atoms with Crippen molar-refractivity contribution in [2.75, 3.05) is 6.54 Å². The molecule has 0 saturated carbocycles. The molecule has 2 aromatic heterocycles. The third-order valence-electron chi connectivity index (χ3n) is 2.33. The molecule has 0 aliphatic rings. The van der Waals surface area contributed by atoms with E-state index in [0.29, 0.717) is 13.1 Å². The number of aromatic nitrogens is 2. The lowest BCUT2D eigenvalue weighted by molar-refractivity contribution is 0.173. The quantitative estimate of drug-likeness (QED) is 0.785. The second-order valence-electron chi connectivity index (χ2n) is 3.67. The van der Waals surface area contributed by atoms with Crippen LogP contribution in [0.5, 0.6) is 0 Å². The van der Waals surface area contributed by atoms with Gasteiger partial charge in [-0.25, -0.2) is 0 Å². The molecule has 16 heavy (non-hydrogen) atoms. The summed E-state index contributed by atoms with van der Waals surface area (Å²) in [6.45, 7) is 1.09. The molecule has 0 fully saturated rings. The summed E-state index contributed by atoms with van der Waals surface area (Å²) in [5, 5.41) is 16.9. The van der Waals surface area contributed by atoms with E-state index in [4.69, 9.17) is 4.42 Å². The molecule has 0 aromatic carbocycles. The first kappa shape index (κ1) is 10.9. The van der Waals surface area contributed by atoms with Crippen molar-refractivity contribution in [1.29, 1.82) is 0 Å². The number of aryl methyl sites for hydroxylation is 1. The van der Waals surface area contributed by atoms with Gasteiger partial charge in [-0.3, -0.25) is 4.68 Å². The number of hydrogen-bond acceptors (Lipinski definition) is 4. The zero-order valence-electron chi connectivity index (χ0n) is 9.13. The van der Waals surface area contributed by atoms with Gasteiger partial charge in [0.25, 0.3) is 0 Å². The van der Waals surface area contributed by atoms with Crippen LogP contribution in [0.25, 0.3) is 0 Å². The summed E-state index contributed by atoms with van der Waals surface area (Å²) in [6.07, 6.45) is 4.57. The fourth-order valence-corrected chi connectivity index (χ4v) is 1.48. The van der Waals surface area contributed by atoms with E-state index in [9.17, 15) is 5.11 Å². The zero-order chi connectivity index (χ0) is 11.4. The topological polar surface area (TPSA) is 63.2 Å². The number of furan rings is 1. The second-order valence-corrected chi connectivity index (χ2v) is 3.67. The van der Waals surface area contributed by atoms with Crippen molar-refractivity contribution in [1.82, 2.24) is 15.1 Å². The van der Waals surface area contributed by atoms with Crippen molar-refractivity contribution in [3.8, 4) is 0 Å². The normalized spacial score (nSPS) is 12.9. The van der Waals surface area contributed by atoms with Gasteiger partial charge in [0.15, 0.2) is 0 Å². The lowest BCUT2D eigenvalue weighted by atomic mass is 10.2. The fraction of sp³-hybridized carbons (Fsp3) is 0.364. The Morgan fingerprint density at radius 2 is 2.50 bits per heavy atom. The van der Waals surface area contributed by atoms with Crippen LogP contribution in [0.2, 0.25) is 0 Å². The van der Waals surface area contributed by atoms with E-state index in [-0.39, 0.29) is 0 Å². The molecule has 0 spiro atoms. The zero-order valence-corrected chi connectivity index (χ0v) is 9.13. The van der Waals surface area contributed by atoms with E-state index in [2.05, 4.69) is 10.4 Å². The Balaban J connectivity index is 1.78. The second kappa shape index (κ2) is 4.96. The lowest BCUT2D eigenvalue weighted by Gasteiger charge is -2.08. The summed E-state index contributed by atoms with van der Waals surface area (Å²) in [5.74, 6) is 0.860. The summed E-state index contributed by atoms with van der Waals surface area (Å²) in [6, 6.07) is 3.73. The van der Waals surface area contributed by atoms with Gasteiger partial charge in [-0.1, -0.05) is 0 Å². The molecule has 0 amide bonds. The number of nitrogens with one attached hydrogen (secondary N) is 1. The number of hydrogen-bond donors (Lipinski definition) is 2. The standard InChI is InChI=1S/C11H15N3O2/c1-14-8-9(5-13-14)11(15)7-12-6-10-3-2-4-16-10/h2-5,8,11-12,15H,6-7H2,1H3. The molecule has 2 rings (SSSR count). The fourth-order valence-electron chi connectivity index (χ4n) is 1.48. The Morgan fingerprint density at radius 3 is 3.12 bits per heavy atom. The molecule has 5 nitrogen and oxygen atoms in total. The van der Waals surface area contributed by atoms with Gasteiger partial charge in [0.1, 0.15) is 5.76 Å². The molecular formula is C11H15N3O2. The monoisotopic (exact) mass is 221 g/mol. The van der Waals surface area contributed by atoms with Crippen LogP contribution < -0.4 is 5.32 Å². The number of rotatable bonds is 5. The Kier molecular flexibility index (Phi) is 3.38. The van der Waals surface area contributed by atoms with Crippen LogP contribution in [0.3, 0.4) is 0 Å². The van der Waals surface area contributed by atoms with Gasteiger partial charge in [-0.2, -0.15) is 5.10 Å². The third kappa shape index (κ3) is 2.71. The van der Waals surface area contributed by atoms with Gasteiger partial charge in [0.2, 0.25) is 0 Å². The molecule has 5 heteroatoms. The van der Waals surface area contributed by atoms with Crippen molar-refractivity contribution < 1.29 is 9.52 Å². The molecule has 0 saturated heterocycles. The van der Waals surface area contributed by atoms with Crippen LogP contribution in [-0.4, -0.2) is 21.4 Å². The minimum Gasteiger partial charge on any atom is -0.468 e. The molecule has 1 atom stereocenters. The first-order valence-corrected chi connectivity index (χ1v) is 5.15. The molecule has 0 aliphatic heterocycles. The van der Waals surface area contributed by atoms with E-state index >= 15 is 0 Å². The lowest BCUT2D eigenvalue weighted by Crippen LogP contribution is -2.20. The molecule has 2 aromatic rings. The minimum atomic E-state index is -0.538. The van der Waals surface area contributed by atoms with Crippen LogP contribution in [0.1, 0.15) is 17.4 Å². The molecule has 0 radical (unpaired) electrons. The van der Waals surface area contributed by atoms with Crippen molar-refractivity contribution >= 4 is 0 Å². The van der Waals surface area contributed by atoms with Crippen LogP contribution in [0, 0.1) is 0 Å². The Bertz CT molecular complexity index is 422. The first-order chi connectivity index (χ1) is 7.75. The van der Waals surface area contributed by atoms with Crippen LogP contribution in [0.4, 0.5) is 0 Å². The third-order valence-corrected chi connectivity index (χ3v) is 2.33. The molecule has 1 unspecified atom stereocenters. The van der Waals surface area contributed by atoms with Crippen molar-refractivity contribution in [2.45, 2.75) is 12.6 Å². The van der Waals surface area contributed by atoms with Gasteiger partial charge < -0.3 is 14.8 Å². The van der Waals surface area contributed by atoms with Gasteiger partial charge in [-0.15, -0.1) is 0 Å². The molecule has 86 valence electrons. The summed E-state index contributed by atoms with van der Waals surface area (Å²) < 4.78 is 6.84. The smallest absolute Gasteiger partial charge is 0.117 e. The van der Waals surface area contributed by atoms with E-state index in [0.717, 1.165) is 11.3 Å². The maximum absolute atomic E-state index is 9.82. The first-order valence-electron chi connectivity index (χ1n) is 5.15. The number of aliphatic hydroxyl groups is 1. The summed E-state index contributed by atoms with van der Waals surface area (Å²) in [5.41, 5.74) is 0.814. The van der Waals surface area contributed by atoms with E-state index in [1.807, 2.05) is 19.2 Å². The van der Waals surface area contributed by atoms with Crippen molar-refractivity contribution in [3.05, 3.63) is 42.1 Å². The van der Waals surface area contributed by atoms with Gasteiger partial charge in [-0.05, 0) is 12.1 Å². The summed E-state index contributed by atoms with van der Waals surface area (Å²) >= 11 is 0. The van der Waals surface area contributed by atoms with Gasteiger partial charge in [0.05, 0.1) is 25.1 Å². The number of aliphatic hydroxyl groups excluding tert-OH is 1. The SMILES string of the molecule is Cn1cc(C(O)CNCc2ccco2)cn1. The van der Waals surface area contributed by atoms with E-state index in [1.54, 1.807) is 23.3 Å². The molecular weight excluding hydrogens is 206 g/mol. The molecule has 2 N–H and O–H groups in total. The molecule has 0 bridgehead atoms. The highest BCUT2D eigenvalue weighted by Gasteiger charge is 2.08. The predicted molar refractivity (Wildman–Crippen MR) is 58.6 cm³/mol. The van der Waals surface area contributed by atoms with Crippen molar-refractivity contribution in [3.63, 3.8) is 0 Å². The Morgan fingerprint density at radius 1 is 1.62 bits per heavy atom. The number of nitrogens with zero attached hydrogens (tertiary/aromatic N) is 2. The van der Waals surface area contributed by atoms with Gasteiger partial charge >= 0.3 is 0 Å². The highest BCUT2D eigenvalue weighted by atomic mass is 16.3. The Labute approximate surface area is 93.7 Å². The maximum Gasteiger partial charge on any atom is 0.117 e. The maximum atomic E-state index is 9.82. The van der Waals surface area contributed by atoms with Crippen LogP contribution >= 0.6 is 0 Å². The van der Waals surface area contributed by atoms with Crippen molar-refractivity contribution in [2.24, 2.45) is 7.05 Å². The van der Waals surface area contributed by atoms with E-state index in [1.165, 1.54) is 0 Å². The average molecular weight is 221 g/mol. The minimum absolute atomic E-state index is 0.479. The highest BCUT2D eigenvalue weighted by Crippen LogP contribution is 2.10. The van der Waals surface area contributed by atoms with Crippen LogP contribution in [0.15, 0.2) is 35.2 Å². The van der Waals surface area contributed by atoms with Crippen LogP contribution in [-0.2, 0) is 13.6 Å². The largest absolute Gasteiger partial charge is 0.468 e. The highest BCUT2D eigenvalue weighted by molar-refractivity contribution is 5.08. The van der Waals surface area contributed by atoms with Gasteiger partial charge in [0, 0.05) is 25.4 Å². The Hall–Kier alpha value is -1.59. The van der Waals surface area contributed by atoms with E-state index < -0.39 is 6.10 Å². The predicted octanol–water partition coefficient (Wildman–Crippen LogP) is 0.836. The average Bonchev–Trinajstić information content (AvgIpc) is 2.89. The molecule has 2 heterocycles. The summed E-state index contributed by atoms with van der Waals surface area (Å²) in [7, 11) is 1.83. The molecule has 0 aliphatic carbocycles.